The van der Waals surface area contributed by atoms with E-state index in [-0.39, 0.29) is 44.1 Å². The highest BCUT2D eigenvalue weighted by Crippen LogP contribution is 2.29. The molecule has 32 heavy (non-hydrogen) atoms. The van der Waals surface area contributed by atoms with E-state index in [0.29, 0.717) is 22.3 Å². The largest absolute Gasteiger partial charge is 0.450 e. The third kappa shape index (κ3) is 4.53. The van der Waals surface area contributed by atoms with Gasteiger partial charge in [0.15, 0.2) is 0 Å². The number of likely N-dealkylation sites (tertiary alicyclic amines) is 1. The fourth-order valence-electron chi connectivity index (χ4n) is 3.64. The lowest BCUT2D eigenvalue weighted by molar-refractivity contribution is -0.0494. The van der Waals surface area contributed by atoms with Crippen molar-refractivity contribution in [1.29, 1.82) is 0 Å². The average molecular weight is 446 g/mol. The number of nitrogens with zero attached hydrogens (tertiary/aromatic N) is 3. The second kappa shape index (κ2) is 8.52. The van der Waals surface area contributed by atoms with Gasteiger partial charge in [-0.2, -0.15) is 0 Å². The molecule has 168 valence electrons. The summed E-state index contributed by atoms with van der Waals surface area (Å²) in [5.74, 6) is -3.65. The van der Waals surface area contributed by atoms with Crippen molar-refractivity contribution in [2.24, 2.45) is 0 Å². The normalized spacial score (nSPS) is 15.6. The first-order valence-electron chi connectivity index (χ1n) is 10.1. The molecule has 1 fully saturated rings. The zero-order valence-electron chi connectivity index (χ0n) is 17.3. The Morgan fingerprint density at radius 3 is 2.66 bits per heavy atom. The van der Waals surface area contributed by atoms with Crippen molar-refractivity contribution in [3.8, 4) is 5.69 Å². The molecule has 0 radical (unpaired) electrons. The van der Waals surface area contributed by atoms with Gasteiger partial charge >= 0.3 is 6.09 Å². The number of nitrogens with one attached hydrogen (secondary N) is 1. The number of piperidine rings is 1. The minimum Gasteiger partial charge on any atom is -0.450 e. The second-order valence-corrected chi connectivity index (χ2v) is 7.51. The molecule has 4 rings (SSSR count). The number of pyridine rings is 1. The van der Waals surface area contributed by atoms with E-state index >= 15 is 0 Å². The molecule has 7 nitrogen and oxygen atoms in total. The molecule has 0 bridgehead atoms. The monoisotopic (exact) mass is 446 g/mol. The van der Waals surface area contributed by atoms with E-state index < -0.39 is 17.8 Å². The molecule has 1 N–H and O–H groups in total. The Morgan fingerprint density at radius 1 is 1.19 bits per heavy atom. The van der Waals surface area contributed by atoms with Crippen molar-refractivity contribution in [3.05, 3.63) is 54.1 Å². The van der Waals surface area contributed by atoms with Crippen LogP contribution in [0, 0.1) is 5.82 Å². The Balaban J connectivity index is 1.59. The van der Waals surface area contributed by atoms with Crippen LogP contribution in [0.2, 0.25) is 0 Å². The summed E-state index contributed by atoms with van der Waals surface area (Å²) in [7, 11) is 0. The minimum absolute atomic E-state index is 0.00951. The van der Waals surface area contributed by atoms with Crippen LogP contribution in [0.1, 0.15) is 30.1 Å². The summed E-state index contributed by atoms with van der Waals surface area (Å²) in [4.78, 5) is 30.1. The highest BCUT2D eigenvalue weighted by molar-refractivity contribution is 5.97. The molecule has 2 amide bonds. The topological polar surface area (TPSA) is 76.5 Å². The van der Waals surface area contributed by atoms with Crippen LogP contribution >= 0.6 is 0 Å². The maximum atomic E-state index is 14.2. The molecule has 0 unspecified atom stereocenters. The molecular formula is C22H21F3N4O3. The van der Waals surface area contributed by atoms with Gasteiger partial charge in [0.1, 0.15) is 11.5 Å². The van der Waals surface area contributed by atoms with Crippen LogP contribution in [0.4, 0.5) is 23.7 Å². The molecule has 0 atom stereocenters. The number of amides is 2. The van der Waals surface area contributed by atoms with Gasteiger partial charge < -0.3 is 14.2 Å². The molecule has 0 saturated carbocycles. The fraction of sp³-hybridized carbons (Fsp3) is 0.318. The number of halogens is 3. The Hall–Kier alpha value is -3.56. The minimum atomic E-state index is -2.73. The quantitative estimate of drug-likeness (QED) is 0.635. The molecule has 3 aromatic rings. The van der Waals surface area contributed by atoms with Crippen molar-refractivity contribution < 1.29 is 27.5 Å². The van der Waals surface area contributed by atoms with Crippen LogP contribution in [0.25, 0.3) is 16.7 Å². The fourth-order valence-corrected chi connectivity index (χ4v) is 3.64. The van der Waals surface area contributed by atoms with Gasteiger partial charge in [-0.25, -0.2) is 22.9 Å². The number of ether oxygens (including phenoxy) is 1. The predicted molar refractivity (Wildman–Crippen MR) is 112 cm³/mol. The summed E-state index contributed by atoms with van der Waals surface area (Å²) in [5, 5.41) is 3.09. The first kappa shape index (κ1) is 21.7. The number of anilines is 1. The highest BCUT2D eigenvalue weighted by Gasteiger charge is 2.35. The van der Waals surface area contributed by atoms with E-state index in [1.165, 1.54) is 23.2 Å². The summed E-state index contributed by atoms with van der Waals surface area (Å²) in [6.45, 7) is 1.82. The zero-order chi connectivity index (χ0) is 22.9. The molecule has 1 aliphatic rings. The molecule has 0 spiro atoms. The first-order valence-corrected chi connectivity index (χ1v) is 10.1. The number of alkyl halides is 2. The molecule has 1 aliphatic heterocycles. The van der Waals surface area contributed by atoms with Gasteiger partial charge in [-0.15, -0.1) is 0 Å². The molecule has 0 aliphatic carbocycles. The van der Waals surface area contributed by atoms with E-state index in [2.05, 4.69) is 10.3 Å². The van der Waals surface area contributed by atoms with Gasteiger partial charge in [-0.05, 0) is 37.3 Å². The summed E-state index contributed by atoms with van der Waals surface area (Å²) >= 11 is 0. The summed E-state index contributed by atoms with van der Waals surface area (Å²) < 4.78 is 47.3. The number of carbonyl (C=O) groups excluding carboxylic acids is 2. The number of fused-ring (bicyclic) bond motifs is 1. The Morgan fingerprint density at radius 2 is 1.94 bits per heavy atom. The molecule has 10 heteroatoms. The smallest absolute Gasteiger partial charge is 0.411 e. The van der Waals surface area contributed by atoms with Crippen LogP contribution in [0.5, 0.6) is 0 Å². The number of benzene rings is 1. The lowest BCUT2D eigenvalue weighted by Crippen LogP contribution is -2.42. The van der Waals surface area contributed by atoms with E-state index in [0.717, 1.165) is 0 Å². The van der Waals surface area contributed by atoms with E-state index in [4.69, 9.17) is 4.74 Å². The molecule has 1 aromatic carbocycles. The van der Waals surface area contributed by atoms with Crippen molar-refractivity contribution in [1.82, 2.24) is 14.5 Å². The van der Waals surface area contributed by atoms with Crippen molar-refractivity contribution >= 4 is 28.7 Å². The number of aromatic nitrogens is 2. The van der Waals surface area contributed by atoms with Gasteiger partial charge in [0, 0.05) is 49.4 Å². The summed E-state index contributed by atoms with van der Waals surface area (Å²) in [5.41, 5.74) is 1.40. The Kier molecular flexibility index (Phi) is 5.77. The van der Waals surface area contributed by atoms with Gasteiger partial charge in [-0.1, -0.05) is 0 Å². The van der Waals surface area contributed by atoms with Crippen LogP contribution in [0.3, 0.4) is 0 Å². The van der Waals surface area contributed by atoms with E-state index in [1.807, 2.05) is 0 Å². The number of hydrogen-bond donors (Lipinski definition) is 1. The second-order valence-electron chi connectivity index (χ2n) is 7.51. The van der Waals surface area contributed by atoms with Crippen LogP contribution in [0.15, 0.2) is 42.7 Å². The predicted octanol–water partition coefficient (Wildman–Crippen LogP) is 4.60. The highest BCUT2D eigenvalue weighted by atomic mass is 19.3. The van der Waals surface area contributed by atoms with E-state index in [1.54, 1.807) is 35.9 Å². The van der Waals surface area contributed by atoms with Crippen LogP contribution in [-0.4, -0.2) is 52.1 Å². The van der Waals surface area contributed by atoms with Crippen LogP contribution < -0.4 is 5.32 Å². The lowest BCUT2D eigenvalue weighted by atomic mass is 10.1. The maximum absolute atomic E-state index is 14.2. The standard InChI is InChI=1S/C22H21F3N4O3/c1-2-32-21(31)27-17-10-16(23)11-18(12-17)29-6-3-14-9-15(13-26-19(14)29)20(30)28-7-4-22(24,25)5-8-28/h3,6,9-13H,2,4-5,7-8H2,1H3,(H,27,31). The summed E-state index contributed by atoms with van der Waals surface area (Å²) in [6, 6.07) is 7.36. The van der Waals surface area contributed by atoms with Crippen molar-refractivity contribution in [3.63, 3.8) is 0 Å². The lowest BCUT2D eigenvalue weighted by Gasteiger charge is -2.31. The Labute approximate surface area is 181 Å². The van der Waals surface area contributed by atoms with Crippen molar-refractivity contribution in [2.75, 3.05) is 25.0 Å². The molecular weight excluding hydrogens is 425 g/mol. The van der Waals surface area contributed by atoms with Gasteiger partial charge in [-0.3, -0.25) is 10.1 Å². The molecule has 1 saturated heterocycles. The van der Waals surface area contributed by atoms with Crippen LogP contribution in [-0.2, 0) is 4.74 Å². The number of hydrogen-bond acceptors (Lipinski definition) is 4. The average Bonchev–Trinajstić information content (AvgIpc) is 3.16. The van der Waals surface area contributed by atoms with Gasteiger partial charge in [0.05, 0.1) is 17.9 Å². The van der Waals surface area contributed by atoms with Gasteiger partial charge in [0.2, 0.25) is 0 Å². The molecule has 2 aromatic heterocycles. The van der Waals surface area contributed by atoms with E-state index in [9.17, 15) is 22.8 Å². The third-order valence-electron chi connectivity index (χ3n) is 5.24. The number of rotatable bonds is 4. The van der Waals surface area contributed by atoms with Crippen molar-refractivity contribution in [2.45, 2.75) is 25.7 Å². The summed E-state index contributed by atoms with van der Waals surface area (Å²) in [6.07, 6.45) is 1.64. The zero-order valence-corrected chi connectivity index (χ0v) is 17.3. The SMILES string of the molecule is CCOC(=O)Nc1cc(F)cc(-n2ccc3cc(C(=O)N4CCC(F)(F)CC4)cnc32)c1. The maximum Gasteiger partial charge on any atom is 0.411 e. The third-order valence-corrected chi connectivity index (χ3v) is 5.24. The first-order chi connectivity index (χ1) is 15.3. The van der Waals surface area contributed by atoms with Gasteiger partial charge in [0.25, 0.3) is 11.8 Å². The Bertz CT molecular complexity index is 1170. The number of carbonyl (C=O) groups is 2. The molecule has 3 heterocycles.